The second kappa shape index (κ2) is 17.2. The van der Waals surface area contributed by atoms with Crippen LogP contribution in [0.15, 0.2) is 65.7 Å². The smallest absolute Gasteiger partial charge is 0.408 e. The van der Waals surface area contributed by atoms with Crippen LogP contribution in [0.5, 0.6) is 0 Å². The molecule has 3 unspecified atom stereocenters. The third-order valence-electron chi connectivity index (χ3n) is 9.65. The average molecular weight is 714 g/mol. The first-order valence-electron chi connectivity index (χ1n) is 18.2. The number of hydrogen-bond acceptors (Lipinski definition) is 8. The number of carbonyl (C=O) groups is 4. The van der Waals surface area contributed by atoms with E-state index in [1.807, 2.05) is 71.9 Å². The van der Waals surface area contributed by atoms with Crippen molar-refractivity contribution in [1.82, 2.24) is 20.4 Å². The fourth-order valence-electron chi connectivity index (χ4n) is 6.31. The highest BCUT2D eigenvalue weighted by Gasteiger charge is 2.61. The van der Waals surface area contributed by atoms with Gasteiger partial charge >= 0.3 is 6.09 Å². The molecule has 1 aliphatic carbocycles. The Morgan fingerprint density at radius 2 is 1.62 bits per heavy atom. The standard InChI is InChI=1S/C21H25N3O.C20H30N2O5/c1-3-16-10-12-23(13-11-16)20(25)19(17-8-6-5-7-9-17)24-15-22-21(4-2)14-18(21)24;1-14(23)16(13-26-12-15-10-8-7-9-11-15)21-17(24)20(5,6)22-18(25)27-19(2,3)4/h2,5-9,15-16,18-19H,3,10-14H2,1H3;7-11,16H,12-13H2,1-6H3,(H,21,24)(H,22,25)/t;16-/m.1/s1. The molecular weight excluding hydrogens is 658 g/mol. The fraction of sp³-hybridized carbons (Fsp3) is 0.537. The number of amides is 3. The summed E-state index contributed by atoms with van der Waals surface area (Å²) in [5.41, 5.74) is -0.323. The average Bonchev–Trinajstić information content (AvgIpc) is 3.73. The summed E-state index contributed by atoms with van der Waals surface area (Å²) in [6.45, 7) is 14.0. The zero-order valence-electron chi connectivity index (χ0n) is 31.7. The molecule has 0 spiro atoms. The Hall–Kier alpha value is -4.69. The number of terminal acetylenes is 1. The van der Waals surface area contributed by atoms with E-state index in [9.17, 15) is 19.2 Å². The van der Waals surface area contributed by atoms with Gasteiger partial charge in [-0.05, 0) is 71.4 Å². The van der Waals surface area contributed by atoms with Crippen molar-refractivity contribution in [1.29, 1.82) is 0 Å². The molecule has 280 valence electrons. The van der Waals surface area contributed by atoms with Gasteiger partial charge in [0.05, 0.1) is 25.6 Å². The van der Waals surface area contributed by atoms with Crippen LogP contribution in [0.25, 0.3) is 0 Å². The van der Waals surface area contributed by atoms with Crippen molar-refractivity contribution in [2.24, 2.45) is 10.9 Å². The lowest BCUT2D eigenvalue weighted by atomic mass is 9.93. The Morgan fingerprint density at radius 1 is 1.00 bits per heavy atom. The molecule has 3 amide bonds. The molecule has 2 aromatic carbocycles. The normalized spacial score (nSPS) is 20.7. The maximum Gasteiger partial charge on any atom is 0.408 e. The van der Waals surface area contributed by atoms with Crippen LogP contribution < -0.4 is 10.6 Å². The van der Waals surface area contributed by atoms with Gasteiger partial charge in [-0.3, -0.25) is 19.4 Å². The first kappa shape index (κ1) is 40.1. The van der Waals surface area contributed by atoms with E-state index in [1.54, 1.807) is 20.8 Å². The van der Waals surface area contributed by atoms with Crippen LogP contribution in [0.1, 0.15) is 91.3 Å². The molecule has 0 aromatic heterocycles. The molecule has 4 atom stereocenters. The first-order chi connectivity index (χ1) is 24.6. The summed E-state index contributed by atoms with van der Waals surface area (Å²) in [5.74, 6) is 3.02. The molecule has 2 heterocycles. The number of ketones is 1. The number of hydrogen-bond donors (Lipinski definition) is 2. The molecular formula is C41H55N5O6. The van der Waals surface area contributed by atoms with Crippen molar-refractivity contribution in [3.63, 3.8) is 0 Å². The number of rotatable bonds is 12. The summed E-state index contributed by atoms with van der Waals surface area (Å²) in [7, 11) is 0. The largest absolute Gasteiger partial charge is 0.444 e. The van der Waals surface area contributed by atoms with Gasteiger partial charge in [-0.25, -0.2) is 4.79 Å². The van der Waals surface area contributed by atoms with Crippen molar-refractivity contribution < 1.29 is 28.7 Å². The summed E-state index contributed by atoms with van der Waals surface area (Å²) in [4.78, 5) is 58.4. The van der Waals surface area contributed by atoms with Crippen LogP contribution >= 0.6 is 0 Å². The van der Waals surface area contributed by atoms with E-state index in [-0.39, 0.29) is 35.9 Å². The number of Topliss-reactive ketones (excluding diaryl/α,β-unsaturated/α-hetero) is 1. The van der Waals surface area contributed by atoms with Gasteiger partial charge in [0, 0.05) is 19.5 Å². The predicted molar refractivity (Wildman–Crippen MR) is 201 cm³/mol. The van der Waals surface area contributed by atoms with E-state index in [2.05, 4.69) is 33.4 Å². The molecule has 11 heteroatoms. The quantitative estimate of drug-likeness (QED) is 0.280. The second-order valence-corrected chi connectivity index (χ2v) is 15.4. The summed E-state index contributed by atoms with van der Waals surface area (Å²) in [6, 6.07) is 18.6. The lowest BCUT2D eigenvalue weighted by Crippen LogP contribution is -2.58. The Kier molecular flexibility index (Phi) is 13.3. The highest BCUT2D eigenvalue weighted by atomic mass is 16.6. The fourth-order valence-corrected chi connectivity index (χ4v) is 6.31. The molecule has 3 aliphatic rings. The van der Waals surface area contributed by atoms with Crippen LogP contribution in [-0.2, 0) is 30.5 Å². The minimum atomic E-state index is -1.25. The van der Waals surface area contributed by atoms with Crippen molar-refractivity contribution in [3.8, 4) is 12.3 Å². The minimum Gasteiger partial charge on any atom is -0.444 e. The van der Waals surface area contributed by atoms with Crippen molar-refractivity contribution in [2.75, 3.05) is 19.7 Å². The number of likely N-dealkylation sites (tertiary alicyclic amines) is 1. The summed E-state index contributed by atoms with van der Waals surface area (Å²) in [6.07, 6.45) is 11.0. The molecule has 2 aromatic rings. The number of benzene rings is 2. The van der Waals surface area contributed by atoms with Gasteiger partial charge in [-0.15, -0.1) is 6.42 Å². The molecule has 2 N–H and O–H groups in total. The second-order valence-electron chi connectivity index (χ2n) is 15.4. The molecule has 52 heavy (non-hydrogen) atoms. The summed E-state index contributed by atoms with van der Waals surface area (Å²) < 4.78 is 10.7. The van der Waals surface area contributed by atoms with Gasteiger partial charge in [-0.1, -0.05) is 79.9 Å². The van der Waals surface area contributed by atoms with Crippen LogP contribution in [-0.4, -0.2) is 88.3 Å². The van der Waals surface area contributed by atoms with Gasteiger partial charge in [0.25, 0.3) is 0 Å². The highest BCUT2D eigenvalue weighted by Crippen LogP contribution is 2.50. The molecule has 0 radical (unpaired) electrons. The molecule has 2 aliphatic heterocycles. The van der Waals surface area contributed by atoms with E-state index in [0.29, 0.717) is 6.61 Å². The molecule has 2 fully saturated rings. The maximum absolute atomic E-state index is 13.4. The lowest BCUT2D eigenvalue weighted by molar-refractivity contribution is -0.137. The predicted octanol–water partition coefficient (Wildman–Crippen LogP) is 5.44. The topological polar surface area (TPSA) is 130 Å². The summed E-state index contributed by atoms with van der Waals surface area (Å²) >= 11 is 0. The molecule has 5 rings (SSSR count). The number of piperidine rings is 1. The van der Waals surface area contributed by atoms with Crippen molar-refractivity contribution >= 4 is 30.0 Å². The SMILES string of the molecule is C#CC12CC1N(C(C(=O)N1CCC(CC)CC1)c1ccccc1)C=N2.CC(=O)[C@@H](COCc1ccccc1)NC(=O)C(C)(C)NC(=O)OC(C)(C)C. The van der Waals surface area contributed by atoms with E-state index >= 15 is 0 Å². The third kappa shape index (κ3) is 10.7. The molecule has 1 saturated heterocycles. The third-order valence-corrected chi connectivity index (χ3v) is 9.65. The number of ether oxygens (including phenoxy) is 2. The van der Waals surface area contributed by atoms with Crippen LogP contribution in [0.3, 0.4) is 0 Å². The number of aliphatic imine (C=N–C) groups is 1. The van der Waals surface area contributed by atoms with Crippen molar-refractivity contribution in [2.45, 2.75) is 116 Å². The molecule has 1 saturated carbocycles. The highest BCUT2D eigenvalue weighted by molar-refractivity contribution is 5.93. The van der Waals surface area contributed by atoms with Crippen LogP contribution in [0.2, 0.25) is 0 Å². The van der Waals surface area contributed by atoms with Gasteiger partial charge in [-0.2, -0.15) is 0 Å². The zero-order valence-corrected chi connectivity index (χ0v) is 31.7. The number of fused-ring (bicyclic) bond motifs is 1. The maximum atomic E-state index is 13.4. The number of carbonyl (C=O) groups excluding carboxylic acids is 4. The monoisotopic (exact) mass is 713 g/mol. The van der Waals surface area contributed by atoms with Gasteiger partial charge < -0.3 is 29.9 Å². The minimum absolute atomic E-state index is 0.0402. The van der Waals surface area contributed by atoms with Gasteiger partial charge in [0.1, 0.15) is 28.8 Å². The van der Waals surface area contributed by atoms with E-state index in [1.165, 1.54) is 27.2 Å². The Labute approximate surface area is 308 Å². The zero-order chi connectivity index (χ0) is 38.1. The first-order valence-corrected chi connectivity index (χ1v) is 18.2. The summed E-state index contributed by atoms with van der Waals surface area (Å²) in [5, 5.41) is 5.14. The Balaban J connectivity index is 0.000000233. The van der Waals surface area contributed by atoms with Crippen LogP contribution in [0.4, 0.5) is 4.79 Å². The number of alkyl carbamates (subject to hydrolysis) is 1. The Bertz CT molecular complexity index is 1610. The molecule has 11 nitrogen and oxygen atoms in total. The van der Waals surface area contributed by atoms with Crippen molar-refractivity contribution in [3.05, 3.63) is 71.8 Å². The van der Waals surface area contributed by atoms with Gasteiger partial charge in [0.15, 0.2) is 5.78 Å². The van der Waals surface area contributed by atoms with E-state index < -0.39 is 29.2 Å². The van der Waals surface area contributed by atoms with Gasteiger partial charge in [0.2, 0.25) is 11.8 Å². The molecule has 0 bridgehead atoms. The Morgan fingerprint density at radius 3 is 2.13 bits per heavy atom. The number of nitrogens with zero attached hydrogens (tertiary/aromatic N) is 3. The van der Waals surface area contributed by atoms with Crippen LogP contribution in [0, 0.1) is 18.3 Å². The van der Waals surface area contributed by atoms with E-state index in [4.69, 9.17) is 15.9 Å². The number of nitrogens with one attached hydrogen (secondary N) is 2. The van der Waals surface area contributed by atoms with E-state index in [0.717, 1.165) is 49.4 Å². The lowest BCUT2D eigenvalue weighted by Gasteiger charge is -2.37.